The Morgan fingerprint density at radius 1 is 1.06 bits per heavy atom. The van der Waals surface area contributed by atoms with Crippen molar-refractivity contribution in [1.29, 1.82) is 0 Å². The van der Waals surface area contributed by atoms with Gasteiger partial charge >= 0.3 is 0 Å². The van der Waals surface area contributed by atoms with Crippen LogP contribution in [0.1, 0.15) is 33.6 Å². The summed E-state index contributed by atoms with van der Waals surface area (Å²) in [5.74, 6) is 0.318. The largest absolute Gasteiger partial charge is 0.465 e. The van der Waals surface area contributed by atoms with Gasteiger partial charge in [0.1, 0.15) is 11.9 Å². The number of benzene rings is 1. The van der Waals surface area contributed by atoms with Gasteiger partial charge in [0.15, 0.2) is 5.69 Å². The lowest BCUT2D eigenvalue weighted by atomic mass is 10.1. The molecule has 0 radical (unpaired) electrons. The highest BCUT2D eigenvalue weighted by Gasteiger charge is 2.31. The van der Waals surface area contributed by atoms with E-state index in [0.29, 0.717) is 54.9 Å². The van der Waals surface area contributed by atoms with E-state index in [1.165, 1.54) is 6.08 Å². The standard InChI is InChI=1S/C23H22ClN5O4/c24-17-5-3-16(4-6-17)20-14-29-19(15-33-20)22(25-26-29)23(31)28-11-9-27(10-12-28)21(30)8-7-18-2-1-13-32-18/h1-8,13,20H,9-12,14-15H2. The second-order valence-electron chi connectivity index (χ2n) is 7.88. The summed E-state index contributed by atoms with van der Waals surface area (Å²) in [5.41, 5.74) is 1.97. The first-order valence-electron chi connectivity index (χ1n) is 10.7. The third-order valence-corrected chi connectivity index (χ3v) is 6.11. The monoisotopic (exact) mass is 467 g/mol. The topological polar surface area (TPSA) is 93.7 Å². The van der Waals surface area contributed by atoms with Gasteiger partial charge in [0.25, 0.3) is 5.91 Å². The summed E-state index contributed by atoms with van der Waals surface area (Å²) in [6.07, 6.45) is 4.50. The molecule has 4 heterocycles. The molecule has 3 aromatic rings. The highest BCUT2D eigenvalue weighted by atomic mass is 35.5. The lowest BCUT2D eigenvalue weighted by Gasteiger charge is -2.34. The Balaban J connectivity index is 1.19. The fourth-order valence-electron chi connectivity index (χ4n) is 3.98. The summed E-state index contributed by atoms with van der Waals surface area (Å²) in [7, 11) is 0. The molecule has 33 heavy (non-hydrogen) atoms. The van der Waals surface area contributed by atoms with Gasteiger partial charge in [0, 0.05) is 37.3 Å². The van der Waals surface area contributed by atoms with Crippen molar-refractivity contribution in [1.82, 2.24) is 24.8 Å². The van der Waals surface area contributed by atoms with Crippen LogP contribution in [0.2, 0.25) is 5.02 Å². The van der Waals surface area contributed by atoms with Crippen LogP contribution in [0.3, 0.4) is 0 Å². The first-order chi connectivity index (χ1) is 16.1. The Hall–Kier alpha value is -3.43. The number of ether oxygens (including phenoxy) is 1. The van der Waals surface area contributed by atoms with Crippen LogP contribution in [-0.2, 0) is 22.7 Å². The second kappa shape index (κ2) is 9.21. The molecule has 170 valence electrons. The Bertz CT molecular complexity index is 1160. The van der Waals surface area contributed by atoms with E-state index in [4.69, 9.17) is 20.8 Å². The fourth-order valence-corrected chi connectivity index (χ4v) is 4.11. The van der Waals surface area contributed by atoms with Gasteiger partial charge in [0.2, 0.25) is 5.91 Å². The molecule has 0 aliphatic carbocycles. The number of rotatable bonds is 4. The van der Waals surface area contributed by atoms with Crippen molar-refractivity contribution in [2.75, 3.05) is 26.2 Å². The maximum Gasteiger partial charge on any atom is 0.276 e. The van der Waals surface area contributed by atoms with Crippen molar-refractivity contribution in [3.8, 4) is 0 Å². The second-order valence-corrected chi connectivity index (χ2v) is 8.32. The number of fused-ring (bicyclic) bond motifs is 1. The van der Waals surface area contributed by atoms with Gasteiger partial charge in [-0.05, 0) is 35.9 Å². The van der Waals surface area contributed by atoms with Gasteiger partial charge < -0.3 is 19.0 Å². The number of nitrogens with zero attached hydrogens (tertiary/aromatic N) is 5. The van der Waals surface area contributed by atoms with Gasteiger partial charge in [-0.2, -0.15) is 0 Å². The van der Waals surface area contributed by atoms with Crippen LogP contribution in [0.15, 0.2) is 53.2 Å². The Morgan fingerprint density at radius 3 is 2.55 bits per heavy atom. The molecule has 0 saturated carbocycles. The van der Waals surface area contributed by atoms with E-state index in [1.807, 2.05) is 24.3 Å². The SMILES string of the molecule is O=C(C=Cc1ccco1)N1CCN(C(=O)c2nnn3c2COC(c2ccc(Cl)cc2)C3)CC1. The molecule has 1 unspecified atom stereocenters. The van der Waals surface area contributed by atoms with E-state index in [9.17, 15) is 9.59 Å². The van der Waals surface area contributed by atoms with Crippen LogP contribution in [0.5, 0.6) is 0 Å². The molecular weight excluding hydrogens is 446 g/mol. The Morgan fingerprint density at radius 2 is 1.82 bits per heavy atom. The zero-order chi connectivity index (χ0) is 22.8. The number of halogens is 1. The first kappa shape index (κ1) is 21.4. The number of piperazine rings is 1. The van der Waals surface area contributed by atoms with E-state index >= 15 is 0 Å². The highest BCUT2D eigenvalue weighted by molar-refractivity contribution is 6.30. The molecule has 1 atom stereocenters. The maximum absolute atomic E-state index is 13.1. The zero-order valence-electron chi connectivity index (χ0n) is 17.8. The van der Waals surface area contributed by atoms with Crippen molar-refractivity contribution < 1.29 is 18.7 Å². The minimum atomic E-state index is -0.192. The third kappa shape index (κ3) is 4.55. The van der Waals surface area contributed by atoms with Gasteiger partial charge in [-0.3, -0.25) is 9.59 Å². The summed E-state index contributed by atoms with van der Waals surface area (Å²) >= 11 is 5.97. The number of amides is 2. The van der Waals surface area contributed by atoms with Crippen LogP contribution < -0.4 is 0 Å². The average molecular weight is 468 g/mol. The summed E-state index contributed by atoms with van der Waals surface area (Å²) in [4.78, 5) is 28.9. The number of carbonyl (C=O) groups excluding carboxylic acids is 2. The molecule has 2 aromatic heterocycles. The maximum atomic E-state index is 13.1. The van der Waals surface area contributed by atoms with E-state index in [0.717, 1.165) is 5.56 Å². The Labute approximate surface area is 195 Å². The minimum Gasteiger partial charge on any atom is -0.465 e. The van der Waals surface area contributed by atoms with E-state index in [2.05, 4.69) is 10.3 Å². The van der Waals surface area contributed by atoms with Crippen LogP contribution in [0.25, 0.3) is 6.08 Å². The van der Waals surface area contributed by atoms with Crippen molar-refractivity contribution in [2.45, 2.75) is 19.3 Å². The summed E-state index contributed by atoms with van der Waals surface area (Å²) in [6.45, 7) is 2.48. The normalized spacial score (nSPS) is 18.5. The predicted molar refractivity (Wildman–Crippen MR) is 119 cm³/mol. The Kier molecular flexibility index (Phi) is 5.97. The minimum absolute atomic E-state index is 0.110. The van der Waals surface area contributed by atoms with Gasteiger partial charge in [-0.15, -0.1) is 5.10 Å². The molecule has 1 aromatic carbocycles. The van der Waals surface area contributed by atoms with Gasteiger partial charge in [-0.1, -0.05) is 28.9 Å². The van der Waals surface area contributed by atoms with Crippen molar-refractivity contribution in [3.63, 3.8) is 0 Å². The highest BCUT2D eigenvalue weighted by Crippen LogP contribution is 2.28. The van der Waals surface area contributed by atoms with Crippen LogP contribution >= 0.6 is 11.6 Å². The lowest BCUT2D eigenvalue weighted by Crippen LogP contribution is -2.50. The van der Waals surface area contributed by atoms with E-state index in [1.54, 1.807) is 39.0 Å². The van der Waals surface area contributed by atoms with E-state index in [-0.39, 0.29) is 24.5 Å². The van der Waals surface area contributed by atoms with Crippen LogP contribution in [0, 0.1) is 0 Å². The summed E-state index contributed by atoms with van der Waals surface area (Å²) in [6, 6.07) is 11.0. The summed E-state index contributed by atoms with van der Waals surface area (Å²) in [5, 5.41) is 9.00. The number of aromatic nitrogens is 3. The van der Waals surface area contributed by atoms with Crippen molar-refractivity contribution >= 4 is 29.5 Å². The number of carbonyl (C=O) groups is 2. The molecule has 2 aliphatic heterocycles. The molecule has 2 amide bonds. The average Bonchev–Trinajstić information content (AvgIpc) is 3.52. The van der Waals surface area contributed by atoms with Crippen LogP contribution in [0.4, 0.5) is 0 Å². The molecule has 9 nitrogen and oxygen atoms in total. The first-order valence-corrected chi connectivity index (χ1v) is 11.1. The number of hydrogen-bond acceptors (Lipinski definition) is 6. The van der Waals surface area contributed by atoms with Crippen molar-refractivity contribution in [2.24, 2.45) is 0 Å². The van der Waals surface area contributed by atoms with E-state index < -0.39 is 0 Å². The number of hydrogen-bond donors (Lipinski definition) is 0. The third-order valence-electron chi connectivity index (χ3n) is 5.85. The molecule has 0 spiro atoms. The predicted octanol–water partition coefficient (Wildman–Crippen LogP) is 2.79. The van der Waals surface area contributed by atoms with Gasteiger partial charge in [-0.25, -0.2) is 4.68 Å². The zero-order valence-corrected chi connectivity index (χ0v) is 18.5. The van der Waals surface area contributed by atoms with Crippen LogP contribution in [-0.4, -0.2) is 62.8 Å². The van der Waals surface area contributed by atoms with Crippen molar-refractivity contribution in [3.05, 3.63) is 76.5 Å². The molecule has 0 bridgehead atoms. The quantitative estimate of drug-likeness (QED) is 0.548. The molecule has 5 rings (SSSR count). The molecule has 1 saturated heterocycles. The molecule has 0 N–H and O–H groups in total. The molecule has 1 fully saturated rings. The lowest BCUT2D eigenvalue weighted by molar-refractivity contribution is -0.127. The number of furan rings is 1. The molecular formula is C23H22ClN5O4. The molecule has 2 aliphatic rings. The fraction of sp³-hybridized carbons (Fsp3) is 0.304. The summed E-state index contributed by atoms with van der Waals surface area (Å²) < 4.78 is 12.9. The molecule has 10 heteroatoms. The van der Waals surface area contributed by atoms with Gasteiger partial charge in [0.05, 0.1) is 25.1 Å². The smallest absolute Gasteiger partial charge is 0.276 e.